The second-order valence-electron chi connectivity index (χ2n) is 15.0. The molecule has 4 aromatic carbocycles. The van der Waals surface area contributed by atoms with Crippen molar-refractivity contribution in [3.63, 3.8) is 0 Å². The van der Waals surface area contributed by atoms with Crippen LogP contribution < -0.4 is 0 Å². The van der Waals surface area contributed by atoms with Crippen molar-refractivity contribution in [1.82, 2.24) is 19.6 Å². The van der Waals surface area contributed by atoms with E-state index in [4.69, 9.17) is 0 Å². The summed E-state index contributed by atoms with van der Waals surface area (Å²) < 4.78 is 0. The van der Waals surface area contributed by atoms with Crippen molar-refractivity contribution in [1.29, 1.82) is 0 Å². The third-order valence-electron chi connectivity index (χ3n) is 11.5. The highest BCUT2D eigenvalue weighted by Crippen LogP contribution is 2.27. The third-order valence-corrected chi connectivity index (χ3v) is 11.5. The van der Waals surface area contributed by atoms with E-state index in [1.165, 1.54) is 44.5 Å². The first-order chi connectivity index (χ1) is 24.6. The molecule has 2 saturated heterocycles. The van der Waals surface area contributed by atoms with Crippen LogP contribution in [-0.4, -0.2) is 96.9 Å². The lowest BCUT2D eigenvalue weighted by Gasteiger charge is -2.25. The number of benzene rings is 4. The van der Waals surface area contributed by atoms with Crippen LogP contribution in [0, 0.1) is 41.5 Å². The van der Waals surface area contributed by atoms with Gasteiger partial charge in [-0.25, -0.2) is 0 Å². The molecule has 4 aromatic rings. The average Bonchev–Trinajstić information content (AvgIpc) is 3.53. The highest BCUT2D eigenvalue weighted by Gasteiger charge is 2.23. The Labute approximate surface area is 330 Å². The number of rotatable bonds is 8. The van der Waals surface area contributed by atoms with Gasteiger partial charge in [-0.1, -0.05) is 48.5 Å². The van der Waals surface area contributed by atoms with Crippen LogP contribution in [0.15, 0.2) is 72.8 Å². The Kier molecular flexibility index (Phi) is 15.1. The van der Waals surface area contributed by atoms with Crippen molar-refractivity contribution in [2.24, 2.45) is 0 Å². The van der Waals surface area contributed by atoms with Crippen LogP contribution in [0.5, 0.6) is 0 Å². The first-order valence-corrected chi connectivity index (χ1v) is 19.0. The SMILES string of the molecule is Cc1cc(-c2ccc(C(=O)N3CCCN(CCCN4CCCN(C(=O)c5ccc(-c6cc(C)c(C)c(C)c6)cc5)CC4)CC3)cc2)cc(C)c1C.Cl.Cl. The van der Waals surface area contributed by atoms with Crippen LogP contribution >= 0.6 is 24.8 Å². The summed E-state index contributed by atoms with van der Waals surface area (Å²) >= 11 is 0. The molecule has 2 aliphatic heterocycles. The summed E-state index contributed by atoms with van der Waals surface area (Å²) in [4.78, 5) is 36.0. The van der Waals surface area contributed by atoms with Gasteiger partial charge in [0.1, 0.15) is 0 Å². The largest absolute Gasteiger partial charge is 0.337 e. The molecule has 2 amide bonds. The molecule has 2 fully saturated rings. The van der Waals surface area contributed by atoms with Crippen LogP contribution in [-0.2, 0) is 0 Å². The second kappa shape index (κ2) is 19.1. The van der Waals surface area contributed by atoms with Gasteiger partial charge in [-0.2, -0.15) is 0 Å². The Balaban J connectivity index is 0.00000314. The first-order valence-electron chi connectivity index (χ1n) is 19.0. The summed E-state index contributed by atoms with van der Waals surface area (Å²) in [6.45, 7) is 22.1. The van der Waals surface area contributed by atoms with Crippen LogP contribution in [0.2, 0.25) is 0 Å². The van der Waals surface area contributed by atoms with Gasteiger partial charge in [-0.15, -0.1) is 24.8 Å². The number of carbonyl (C=O) groups excluding carboxylic acids is 2. The highest BCUT2D eigenvalue weighted by molar-refractivity contribution is 5.95. The normalized spacial score (nSPS) is 15.6. The first kappa shape index (κ1) is 42.1. The molecule has 284 valence electrons. The standard InChI is InChI=1S/C45H56N4O2.2ClH/c1-32-28-42(29-33(2)36(32)5)38-10-14-40(15-11-38)44(50)48-22-8-20-46(24-26-48)18-7-19-47-21-9-23-49(27-25-47)45(51)41-16-12-39(13-17-41)43-30-34(3)37(6)35(4)31-43;;/h10-17,28-31H,7-9,18-27H2,1-6H3;2*1H. The summed E-state index contributed by atoms with van der Waals surface area (Å²) in [6, 6.07) is 25.3. The van der Waals surface area contributed by atoms with Gasteiger partial charge in [-0.05, 0) is 167 Å². The summed E-state index contributed by atoms with van der Waals surface area (Å²) in [7, 11) is 0. The zero-order valence-electron chi connectivity index (χ0n) is 32.5. The Morgan fingerprint density at radius 2 is 0.792 bits per heavy atom. The molecule has 0 spiro atoms. The van der Waals surface area contributed by atoms with Crippen LogP contribution in [0.1, 0.15) is 73.4 Å². The number of amides is 2. The molecule has 0 aliphatic carbocycles. The maximum absolute atomic E-state index is 13.5. The Bertz CT molecular complexity index is 1680. The van der Waals surface area contributed by atoms with Crippen LogP contribution in [0.25, 0.3) is 22.3 Å². The minimum absolute atomic E-state index is 0. The molecule has 0 atom stereocenters. The molecule has 8 heteroatoms. The number of hydrogen-bond acceptors (Lipinski definition) is 4. The zero-order valence-corrected chi connectivity index (χ0v) is 34.2. The van der Waals surface area contributed by atoms with Gasteiger partial charge >= 0.3 is 0 Å². The molecule has 6 nitrogen and oxygen atoms in total. The van der Waals surface area contributed by atoms with Crippen molar-refractivity contribution in [3.05, 3.63) is 117 Å². The van der Waals surface area contributed by atoms with E-state index in [9.17, 15) is 9.59 Å². The Morgan fingerprint density at radius 1 is 0.453 bits per heavy atom. The van der Waals surface area contributed by atoms with Crippen molar-refractivity contribution < 1.29 is 9.59 Å². The molecule has 6 rings (SSSR count). The van der Waals surface area contributed by atoms with Crippen LogP contribution in [0.4, 0.5) is 0 Å². The minimum Gasteiger partial charge on any atom is -0.337 e. The Hall–Kier alpha value is -3.68. The van der Waals surface area contributed by atoms with E-state index in [1.807, 2.05) is 34.1 Å². The molecule has 0 unspecified atom stereocenters. The average molecular weight is 758 g/mol. The van der Waals surface area contributed by atoms with E-state index < -0.39 is 0 Å². The smallest absolute Gasteiger partial charge is 0.253 e. The van der Waals surface area contributed by atoms with E-state index in [1.54, 1.807) is 0 Å². The predicted octanol–water partition coefficient (Wildman–Crippen LogP) is 9.10. The molecule has 0 aromatic heterocycles. The van der Waals surface area contributed by atoms with Crippen molar-refractivity contribution in [2.75, 3.05) is 65.4 Å². The lowest BCUT2D eigenvalue weighted by molar-refractivity contribution is 0.0755. The molecule has 0 bridgehead atoms. The van der Waals surface area contributed by atoms with Gasteiger partial charge in [0.2, 0.25) is 0 Å². The number of aryl methyl sites for hydroxylation is 4. The molecule has 2 heterocycles. The molecule has 0 radical (unpaired) electrons. The molecule has 0 N–H and O–H groups in total. The monoisotopic (exact) mass is 756 g/mol. The zero-order chi connectivity index (χ0) is 36.1. The summed E-state index contributed by atoms with van der Waals surface area (Å²) in [6.07, 6.45) is 3.09. The molecular formula is C45H58Cl2N4O2. The second-order valence-corrected chi connectivity index (χ2v) is 15.0. The Morgan fingerprint density at radius 3 is 1.13 bits per heavy atom. The summed E-state index contributed by atoms with van der Waals surface area (Å²) in [5.41, 5.74) is 14.1. The van der Waals surface area contributed by atoms with Crippen molar-refractivity contribution in [3.8, 4) is 22.3 Å². The van der Waals surface area contributed by atoms with Gasteiger partial charge in [-0.3, -0.25) is 9.59 Å². The fourth-order valence-corrected chi connectivity index (χ4v) is 7.69. The lowest BCUT2D eigenvalue weighted by atomic mass is 9.96. The molecule has 53 heavy (non-hydrogen) atoms. The fraction of sp³-hybridized carbons (Fsp3) is 0.422. The van der Waals surface area contributed by atoms with Gasteiger partial charge in [0, 0.05) is 50.4 Å². The summed E-state index contributed by atoms with van der Waals surface area (Å²) in [5.74, 6) is 0.270. The van der Waals surface area contributed by atoms with Gasteiger partial charge < -0.3 is 19.6 Å². The third kappa shape index (κ3) is 10.3. The molecule has 2 aliphatic rings. The van der Waals surface area contributed by atoms with E-state index in [0.717, 1.165) is 107 Å². The lowest BCUT2D eigenvalue weighted by Crippen LogP contribution is -2.37. The van der Waals surface area contributed by atoms with Gasteiger partial charge in [0.25, 0.3) is 11.8 Å². The van der Waals surface area contributed by atoms with Crippen LogP contribution in [0.3, 0.4) is 0 Å². The minimum atomic E-state index is 0. The van der Waals surface area contributed by atoms with E-state index in [-0.39, 0.29) is 36.6 Å². The van der Waals surface area contributed by atoms with Gasteiger partial charge in [0.15, 0.2) is 0 Å². The molecular weight excluding hydrogens is 699 g/mol. The number of carbonyl (C=O) groups is 2. The van der Waals surface area contributed by atoms with Crippen molar-refractivity contribution in [2.45, 2.75) is 60.8 Å². The quantitative estimate of drug-likeness (QED) is 0.180. The van der Waals surface area contributed by atoms with Crippen molar-refractivity contribution >= 4 is 36.6 Å². The predicted molar refractivity (Wildman–Crippen MR) is 225 cm³/mol. The maximum Gasteiger partial charge on any atom is 0.253 e. The fourth-order valence-electron chi connectivity index (χ4n) is 7.69. The summed E-state index contributed by atoms with van der Waals surface area (Å²) in [5, 5.41) is 0. The van der Waals surface area contributed by atoms with E-state index >= 15 is 0 Å². The van der Waals surface area contributed by atoms with E-state index in [2.05, 4.69) is 99.9 Å². The highest BCUT2D eigenvalue weighted by atomic mass is 35.5. The van der Waals surface area contributed by atoms with E-state index in [0.29, 0.717) is 0 Å². The van der Waals surface area contributed by atoms with Gasteiger partial charge in [0.05, 0.1) is 0 Å². The number of hydrogen-bond donors (Lipinski definition) is 0. The molecule has 0 saturated carbocycles. The number of nitrogens with zero attached hydrogens (tertiary/aromatic N) is 4. The maximum atomic E-state index is 13.5. The number of halogens is 2. The topological polar surface area (TPSA) is 47.1 Å².